The van der Waals surface area contributed by atoms with E-state index in [2.05, 4.69) is 20.6 Å². The molecule has 0 aliphatic heterocycles. The first-order valence-electron chi connectivity index (χ1n) is 8.29. The number of carbonyl (C=O) groups excluding carboxylic acids is 1. The lowest BCUT2D eigenvalue weighted by Crippen LogP contribution is -2.26. The molecular weight excluding hydrogens is 331 g/mol. The molecule has 5 nitrogen and oxygen atoms in total. The summed E-state index contributed by atoms with van der Waals surface area (Å²) in [6.07, 6.45) is 1.97. The van der Waals surface area contributed by atoms with Gasteiger partial charge in [-0.15, -0.1) is 0 Å². The van der Waals surface area contributed by atoms with Gasteiger partial charge in [0.2, 0.25) is 0 Å². The van der Waals surface area contributed by atoms with Crippen molar-refractivity contribution in [2.24, 2.45) is 0 Å². The second-order valence-electron chi connectivity index (χ2n) is 5.86. The molecular formula is C20H19FN4O. The van der Waals surface area contributed by atoms with Gasteiger partial charge < -0.3 is 10.6 Å². The van der Waals surface area contributed by atoms with Crippen LogP contribution in [0, 0.1) is 12.7 Å². The largest absolute Gasteiger partial charge is 0.350 e. The van der Waals surface area contributed by atoms with Crippen molar-refractivity contribution >= 4 is 17.4 Å². The summed E-state index contributed by atoms with van der Waals surface area (Å²) < 4.78 is 12.9. The molecule has 1 aromatic heterocycles. The summed E-state index contributed by atoms with van der Waals surface area (Å²) in [5, 5.41) is 6.00. The van der Waals surface area contributed by atoms with Crippen LogP contribution in [0.3, 0.4) is 0 Å². The van der Waals surface area contributed by atoms with Crippen molar-refractivity contribution in [3.8, 4) is 0 Å². The standard InChI is InChI=1S/C20H19FN4O/c1-14-4-2-3-5-17(14)25-19-12-18(23-13-24-19)20(26)22-11-10-15-6-8-16(21)9-7-15/h2-9,12-13H,10-11H2,1H3,(H,22,26)(H,23,24,25). The van der Waals surface area contributed by atoms with E-state index >= 15 is 0 Å². The molecule has 26 heavy (non-hydrogen) atoms. The molecule has 0 unspecified atom stereocenters. The summed E-state index contributed by atoms with van der Waals surface area (Å²) in [6.45, 7) is 2.43. The second-order valence-corrected chi connectivity index (χ2v) is 5.86. The van der Waals surface area contributed by atoms with Crippen LogP contribution >= 0.6 is 0 Å². The second kappa shape index (κ2) is 8.20. The minimum Gasteiger partial charge on any atom is -0.350 e. The molecule has 0 bridgehead atoms. The molecule has 3 rings (SSSR count). The van der Waals surface area contributed by atoms with Crippen LogP contribution in [0.25, 0.3) is 0 Å². The number of rotatable bonds is 6. The molecule has 0 aliphatic carbocycles. The maximum absolute atomic E-state index is 12.9. The average molecular weight is 350 g/mol. The normalized spacial score (nSPS) is 10.4. The lowest BCUT2D eigenvalue weighted by Gasteiger charge is -2.09. The van der Waals surface area contributed by atoms with Crippen LogP contribution in [0.4, 0.5) is 15.9 Å². The highest BCUT2D eigenvalue weighted by Gasteiger charge is 2.09. The quantitative estimate of drug-likeness (QED) is 0.712. The molecule has 132 valence electrons. The lowest BCUT2D eigenvalue weighted by atomic mass is 10.1. The highest BCUT2D eigenvalue weighted by molar-refractivity contribution is 5.93. The first-order chi connectivity index (χ1) is 12.6. The number of halogens is 1. The fourth-order valence-electron chi connectivity index (χ4n) is 2.46. The number of anilines is 2. The monoisotopic (exact) mass is 350 g/mol. The van der Waals surface area contributed by atoms with Crippen molar-refractivity contribution in [2.45, 2.75) is 13.3 Å². The van der Waals surface area contributed by atoms with E-state index < -0.39 is 0 Å². The topological polar surface area (TPSA) is 66.9 Å². The summed E-state index contributed by atoms with van der Waals surface area (Å²) in [7, 11) is 0. The molecule has 3 aromatic rings. The number of benzene rings is 2. The molecule has 0 saturated carbocycles. The molecule has 0 aliphatic rings. The Labute approximate surface area is 151 Å². The van der Waals surface area contributed by atoms with Gasteiger partial charge in [0.1, 0.15) is 23.7 Å². The van der Waals surface area contributed by atoms with Gasteiger partial charge in [-0.2, -0.15) is 0 Å². The van der Waals surface area contributed by atoms with Crippen molar-refractivity contribution in [1.82, 2.24) is 15.3 Å². The summed E-state index contributed by atoms with van der Waals surface area (Å²) in [4.78, 5) is 20.5. The van der Waals surface area contributed by atoms with Gasteiger partial charge in [0.05, 0.1) is 0 Å². The van der Waals surface area contributed by atoms with Crippen LogP contribution in [0.15, 0.2) is 60.9 Å². The number of para-hydroxylation sites is 1. The predicted octanol–water partition coefficient (Wildman–Crippen LogP) is 3.64. The van der Waals surface area contributed by atoms with Crippen LogP contribution in [-0.2, 0) is 6.42 Å². The summed E-state index contributed by atoms with van der Waals surface area (Å²) >= 11 is 0. The van der Waals surface area contributed by atoms with Crippen LogP contribution < -0.4 is 10.6 Å². The predicted molar refractivity (Wildman–Crippen MR) is 98.9 cm³/mol. The Kier molecular flexibility index (Phi) is 5.53. The fraction of sp³-hybridized carbons (Fsp3) is 0.150. The first-order valence-corrected chi connectivity index (χ1v) is 8.29. The van der Waals surface area contributed by atoms with Gasteiger partial charge in [0.25, 0.3) is 5.91 Å². The molecule has 1 amide bonds. The number of hydrogen-bond donors (Lipinski definition) is 2. The number of carbonyl (C=O) groups is 1. The van der Waals surface area contributed by atoms with Crippen LogP contribution in [0.5, 0.6) is 0 Å². The smallest absolute Gasteiger partial charge is 0.270 e. The van der Waals surface area contributed by atoms with Crippen LogP contribution in [0.1, 0.15) is 21.6 Å². The van der Waals surface area contributed by atoms with Crippen molar-refractivity contribution in [1.29, 1.82) is 0 Å². The maximum Gasteiger partial charge on any atom is 0.270 e. The number of aryl methyl sites for hydroxylation is 1. The Bertz CT molecular complexity index is 896. The number of amides is 1. The zero-order valence-corrected chi connectivity index (χ0v) is 14.4. The zero-order chi connectivity index (χ0) is 18.4. The molecule has 2 N–H and O–H groups in total. The maximum atomic E-state index is 12.9. The minimum absolute atomic E-state index is 0.271. The third-order valence-corrected chi connectivity index (χ3v) is 3.92. The lowest BCUT2D eigenvalue weighted by molar-refractivity contribution is 0.0949. The van der Waals surface area contributed by atoms with Gasteiger partial charge in [-0.05, 0) is 42.7 Å². The Morgan fingerprint density at radius 3 is 2.62 bits per heavy atom. The van der Waals surface area contributed by atoms with Gasteiger partial charge in [0.15, 0.2) is 0 Å². The third-order valence-electron chi connectivity index (χ3n) is 3.92. The van der Waals surface area contributed by atoms with E-state index in [0.29, 0.717) is 18.8 Å². The van der Waals surface area contributed by atoms with E-state index in [1.165, 1.54) is 18.5 Å². The molecule has 1 heterocycles. The number of aromatic nitrogens is 2. The van der Waals surface area contributed by atoms with E-state index in [1.54, 1.807) is 18.2 Å². The summed E-state index contributed by atoms with van der Waals surface area (Å²) in [5.74, 6) is 0.00721. The summed E-state index contributed by atoms with van der Waals surface area (Å²) in [5.41, 5.74) is 3.25. The highest BCUT2D eigenvalue weighted by atomic mass is 19.1. The Morgan fingerprint density at radius 2 is 1.85 bits per heavy atom. The highest BCUT2D eigenvalue weighted by Crippen LogP contribution is 2.18. The van der Waals surface area contributed by atoms with Gasteiger partial charge in [-0.3, -0.25) is 4.79 Å². The SMILES string of the molecule is Cc1ccccc1Nc1cc(C(=O)NCCc2ccc(F)cc2)ncn1. The first kappa shape index (κ1) is 17.5. The van der Waals surface area contributed by atoms with Gasteiger partial charge in [0, 0.05) is 18.3 Å². The average Bonchev–Trinajstić information content (AvgIpc) is 2.65. The van der Waals surface area contributed by atoms with Crippen molar-refractivity contribution in [2.75, 3.05) is 11.9 Å². The van der Waals surface area contributed by atoms with Crippen molar-refractivity contribution < 1.29 is 9.18 Å². The molecule has 6 heteroatoms. The van der Waals surface area contributed by atoms with Gasteiger partial charge in [-0.1, -0.05) is 30.3 Å². The Hall–Kier alpha value is -3.28. The van der Waals surface area contributed by atoms with E-state index in [9.17, 15) is 9.18 Å². The number of nitrogens with zero attached hydrogens (tertiary/aromatic N) is 2. The van der Waals surface area contributed by atoms with E-state index in [4.69, 9.17) is 0 Å². The summed E-state index contributed by atoms with van der Waals surface area (Å²) in [6, 6.07) is 15.7. The number of hydrogen-bond acceptors (Lipinski definition) is 4. The number of nitrogens with one attached hydrogen (secondary N) is 2. The Balaban J connectivity index is 1.59. The van der Waals surface area contributed by atoms with E-state index in [0.717, 1.165) is 16.8 Å². The van der Waals surface area contributed by atoms with Gasteiger partial charge >= 0.3 is 0 Å². The van der Waals surface area contributed by atoms with Crippen LogP contribution in [0.2, 0.25) is 0 Å². The zero-order valence-electron chi connectivity index (χ0n) is 14.4. The Morgan fingerprint density at radius 1 is 1.08 bits per heavy atom. The molecule has 0 radical (unpaired) electrons. The molecule has 0 spiro atoms. The van der Waals surface area contributed by atoms with E-state index in [1.807, 2.05) is 31.2 Å². The molecule has 0 atom stereocenters. The van der Waals surface area contributed by atoms with E-state index in [-0.39, 0.29) is 17.4 Å². The molecule has 0 saturated heterocycles. The van der Waals surface area contributed by atoms with Crippen molar-refractivity contribution in [3.63, 3.8) is 0 Å². The molecule has 2 aromatic carbocycles. The third kappa shape index (κ3) is 4.63. The minimum atomic E-state index is -0.276. The fourth-order valence-corrected chi connectivity index (χ4v) is 2.46. The van der Waals surface area contributed by atoms with Crippen LogP contribution in [-0.4, -0.2) is 22.4 Å². The van der Waals surface area contributed by atoms with Crippen molar-refractivity contribution in [3.05, 3.63) is 83.6 Å². The molecule has 0 fully saturated rings. The van der Waals surface area contributed by atoms with Gasteiger partial charge in [-0.25, -0.2) is 14.4 Å².